The Bertz CT molecular complexity index is 269. The average Bonchev–Trinajstić information content (AvgIpc) is 2.90. The Balaban J connectivity index is 1.87. The van der Waals surface area contributed by atoms with Crippen LogP contribution in [0.5, 0.6) is 0 Å². The minimum atomic E-state index is 0.160. The second kappa shape index (κ2) is 10.2. The van der Waals surface area contributed by atoms with Crippen LogP contribution >= 0.6 is 0 Å². The first-order valence-corrected chi connectivity index (χ1v) is 7.62. The van der Waals surface area contributed by atoms with Gasteiger partial charge in [-0.1, -0.05) is 64.7 Å². The van der Waals surface area contributed by atoms with E-state index in [9.17, 15) is 0 Å². The van der Waals surface area contributed by atoms with Gasteiger partial charge in [0.25, 0.3) is 0 Å². The lowest BCUT2D eigenvalue weighted by Gasteiger charge is -2.08. The quantitative estimate of drug-likeness (QED) is 0.549. The maximum atomic E-state index is 6.08. The van der Waals surface area contributed by atoms with Crippen LogP contribution < -0.4 is 5.73 Å². The Morgan fingerprint density at radius 1 is 1.00 bits per heavy atom. The van der Waals surface area contributed by atoms with Crippen LogP contribution in [0, 0.1) is 0 Å². The van der Waals surface area contributed by atoms with Gasteiger partial charge < -0.3 is 10.2 Å². The zero-order chi connectivity index (χ0) is 13.1. The SMILES string of the molecule is CCCCCCCCCCCC(N)c1ccoc1. The van der Waals surface area contributed by atoms with Crippen LogP contribution in [-0.4, -0.2) is 0 Å². The zero-order valence-electron chi connectivity index (χ0n) is 11.9. The van der Waals surface area contributed by atoms with E-state index in [1.165, 1.54) is 57.8 Å². The summed E-state index contributed by atoms with van der Waals surface area (Å²) in [6.07, 6.45) is 16.8. The molecule has 0 fully saturated rings. The second-order valence-corrected chi connectivity index (χ2v) is 5.28. The molecule has 104 valence electrons. The van der Waals surface area contributed by atoms with Crippen LogP contribution in [0.1, 0.15) is 82.7 Å². The first-order chi connectivity index (χ1) is 8.84. The third kappa shape index (κ3) is 6.85. The summed E-state index contributed by atoms with van der Waals surface area (Å²) in [4.78, 5) is 0. The Hall–Kier alpha value is -0.760. The van der Waals surface area contributed by atoms with Crippen molar-refractivity contribution in [3.05, 3.63) is 24.2 Å². The van der Waals surface area contributed by atoms with Gasteiger partial charge in [-0.2, -0.15) is 0 Å². The number of furan rings is 1. The van der Waals surface area contributed by atoms with Crippen molar-refractivity contribution in [1.29, 1.82) is 0 Å². The van der Waals surface area contributed by atoms with Gasteiger partial charge in [-0.25, -0.2) is 0 Å². The predicted molar refractivity (Wildman–Crippen MR) is 77.5 cm³/mol. The van der Waals surface area contributed by atoms with Crippen LogP contribution in [0.3, 0.4) is 0 Å². The monoisotopic (exact) mass is 251 g/mol. The van der Waals surface area contributed by atoms with Gasteiger partial charge in [0.05, 0.1) is 12.5 Å². The molecule has 2 N–H and O–H groups in total. The normalized spacial score (nSPS) is 12.8. The summed E-state index contributed by atoms with van der Waals surface area (Å²) in [5, 5.41) is 0. The van der Waals surface area contributed by atoms with Gasteiger partial charge in [0.1, 0.15) is 0 Å². The summed E-state index contributed by atoms with van der Waals surface area (Å²) in [7, 11) is 0. The van der Waals surface area contributed by atoms with Gasteiger partial charge in [0.15, 0.2) is 0 Å². The highest BCUT2D eigenvalue weighted by atomic mass is 16.3. The molecule has 18 heavy (non-hydrogen) atoms. The van der Waals surface area contributed by atoms with Gasteiger partial charge in [0.2, 0.25) is 0 Å². The van der Waals surface area contributed by atoms with Crippen molar-refractivity contribution in [2.45, 2.75) is 77.2 Å². The fraction of sp³-hybridized carbons (Fsp3) is 0.750. The van der Waals surface area contributed by atoms with E-state index >= 15 is 0 Å². The van der Waals surface area contributed by atoms with E-state index in [0.717, 1.165) is 12.0 Å². The molecule has 2 heteroatoms. The summed E-state index contributed by atoms with van der Waals surface area (Å²) in [5.74, 6) is 0. The third-order valence-corrected chi connectivity index (χ3v) is 3.59. The van der Waals surface area contributed by atoms with E-state index in [1.54, 1.807) is 12.5 Å². The first-order valence-electron chi connectivity index (χ1n) is 7.62. The highest BCUT2D eigenvalue weighted by Gasteiger charge is 2.06. The van der Waals surface area contributed by atoms with Crippen LogP contribution in [-0.2, 0) is 0 Å². The van der Waals surface area contributed by atoms with Crippen LogP contribution in [0.15, 0.2) is 23.0 Å². The smallest absolute Gasteiger partial charge is 0.0950 e. The topological polar surface area (TPSA) is 39.2 Å². The third-order valence-electron chi connectivity index (χ3n) is 3.59. The van der Waals surface area contributed by atoms with Crippen molar-refractivity contribution >= 4 is 0 Å². The molecule has 0 saturated carbocycles. The van der Waals surface area contributed by atoms with Crippen molar-refractivity contribution in [1.82, 2.24) is 0 Å². The summed E-state index contributed by atoms with van der Waals surface area (Å²) < 4.78 is 5.05. The van der Waals surface area contributed by atoms with E-state index < -0.39 is 0 Å². The molecule has 1 rings (SSSR count). The number of rotatable bonds is 11. The van der Waals surface area contributed by atoms with Crippen molar-refractivity contribution < 1.29 is 4.42 Å². The molecule has 0 aliphatic rings. The standard InChI is InChI=1S/C16H29NO/c1-2-3-4-5-6-7-8-9-10-11-16(17)15-12-13-18-14-15/h12-14,16H,2-11,17H2,1H3. The number of hydrogen-bond acceptors (Lipinski definition) is 2. The predicted octanol–water partition coefficient (Wildman–Crippen LogP) is 5.20. The van der Waals surface area contributed by atoms with E-state index in [1.807, 2.05) is 6.07 Å². The van der Waals surface area contributed by atoms with Crippen LogP contribution in [0.2, 0.25) is 0 Å². The molecule has 0 saturated heterocycles. The van der Waals surface area contributed by atoms with Crippen LogP contribution in [0.4, 0.5) is 0 Å². The Morgan fingerprint density at radius 3 is 2.17 bits per heavy atom. The summed E-state index contributed by atoms with van der Waals surface area (Å²) in [5.41, 5.74) is 7.21. The number of unbranched alkanes of at least 4 members (excludes halogenated alkanes) is 8. The molecular weight excluding hydrogens is 222 g/mol. The van der Waals surface area contributed by atoms with Gasteiger partial charge in [-0.15, -0.1) is 0 Å². The molecule has 0 amide bonds. The minimum absolute atomic E-state index is 0.160. The molecular formula is C16H29NO. The zero-order valence-corrected chi connectivity index (χ0v) is 11.9. The minimum Gasteiger partial charge on any atom is -0.472 e. The molecule has 1 aromatic rings. The molecule has 1 atom stereocenters. The maximum Gasteiger partial charge on any atom is 0.0950 e. The summed E-state index contributed by atoms with van der Waals surface area (Å²) >= 11 is 0. The fourth-order valence-electron chi connectivity index (χ4n) is 2.33. The summed E-state index contributed by atoms with van der Waals surface area (Å²) in [6, 6.07) is 2.13. The lowest BCUT2D eigenvalue weighted by Crippen LogP contribution is -2.08. The lowest BCUT2D eigenvalue weighted by molar-refractivity contribution is 0.524. The lowest BCUT2D eigenvalue weighted by atomic mass is 10.0. The highest BCUT2D eigenvalue weighted by molar-refractivity contribution is 5.10. The second-order valence-electron chi connectivity index (χ2n) is 5.28. The molecule has 0 aliphatic carbocycles. The van der Waals surface area contributed by atoms with E-state index in [2.05, 4.69) is 6.92 Å². The van der Waals surface area contributed by atoms with Crippen LogP contribution in [0.25, 0.3) is 0 Å². The molecule has 1 aromatic heterocycles. The van der Waals surface area contributed by atoms with Crippen molar-refractivity contribution in [3.63, 3.8) is 0 Å². The number of nitrogens with two attached hydrogens (primary N) is 1. The largest absolute Gasteiger partial charge is 0.472 e. The average molecular weight is 251 g/mol. The number of hydrogen-bond donors (Lipinski definition) is 1. The van der Waals surface area contributed by atoms with E-state index in [0.29, 0.717) is 0 Å². The van der Waals surface area contributed by atoms with E-state index in [4.69, 9.17) is 10.2 Å². The van der Waals surface area contributed by atoms with Crippen molar-refractivity contribution in [2.75, 3.05) is 0 Å². The molecule has 0 aromatic carbocycles. The fourth-order valence-corrected chi connectivity index (χ4v) is 2.33. The molecule has 0 spiro atoms. The molecule has 0 bridgehead atoms. The van der Waals surface area contributed by atoms with E-state index in [-0.39, 0.29) is 6.04 Å². The Kier molecular flexibility index (Phi) is 8.66. The molecule has 0 radical (unpaired) electrons. The summed E-state index contributed by atoms with van der Waals surface area (Å²) in [6.45, 7) is 2.27. The molecule has 2 nitrogen and oxygen atoms in total. The van der Waals surface area contributed by atoms with Gasteiger partial charge in [0, 0.05) is 11.6 Å². The van der Waals surface area contributed by atoms with Crippen molar-refractivity contribution in [2.24, 2.45) is 5.73 Å². The van der Waals surface area contributed by atoms with Gasteiger partial charge in [-0.05, 0) is 12.5 Å². The van der Waals surface area contributed by atoms with Crippen molar-refractivity contribution in [3.8, 4) is 0 Å². The first kappa shape index (κ1) is 15.3. The van der Waals surface area contributed by atoms with Gasteiger partial charge >= 0.3 is 0 Å². The Labute approximate surface area is 112 Å². The van der Waals surface area contributed by atoms with Gasteiger partial charge in [-0.3, -0.25) is 0 Å². The Morgan fingerprint density at radius 2 is 1.61 bits per heavy atom. The maximum absolute atomic E-state index is 6.08. The molecule has 1 heterocycles. The molecule has 0 aliphatic heterocycles. The molecule has 1 unspecified atom stereocenters. The highest BCUT2D eigenvalue weighted by Crippen LogP contribution is 2.18.